The van der Waals surface area contributed by atoms with Gasteiger partial charge in [-0.05, 0) is 100 Å². The lowest BCUT2D eigenvalue weighted by molar-refractivity contribution is 0.0744. The van der Waals surface area contributed by atoms with Crippen molar-refractivity contribution in [3.63, 3.8) is 0 Å². The van der Waals surface area contributed by atoms with Crippen LogP contribution in [0.5, 0.6) is 11.5 Å². The molecular formula is C48H54FN7O5. The van der Waals surface area contributed by atoms with Crippen molar-refractivity contribution in [2.75, 3.05) is 30.3 Å². The molecule has 0 saturated heterocycles. The molecule has 2 aromatic heterocycles. The van der Waals surface area contributed by atoms with Crippen LogP contribution in [-0.2, 0) is 13.1 Å². The highest BCUT2D eigenvalue weighted by Crippen LogP contribution is 2.32. The third-order valence-electron chi connectivity index (χ3n) is 11.6. The molecule has 4 N–H and O–H groups in total. The molecule has 3 aliphatic rings. The number of aryl methyl sites for hydroxylation is 1. The molecule has 3 aromatic carbocycles. The van der Waals surface area contributed by atoms with Crippen molar-refractivity contribution < 1.29 is 28.6 Å². The Bertz CT molecular complexity index is 2350. The van der Waals surface area contributed by atoms with E-state index in [1.165, 1.54) is 18.1 Å². The first-order valence-electron chi connectivity index (χ1n) is 21.2. The molecule has 5 aromatic rings. The third-order valence-corrected chi connectivity index (χ3v) is 11.6. The maximum absolute atomic E-state index is 14.8. The van der Waals surface area contributed by atoms with E-state index in [1.807, 2.05) is 69.3 Å². The Morgan fingerprint density at radius 2 is 1.33 bits per heavy atom. The van der Waals surface area contributed by atoms with Gasteiger partial charge < -0.3 is 35.6 Å². The topological polar surface area (TPSA) is 149 Å². The van der Waals surface area contributed by atoms with E-state index in [-0.39, 0.29) is 48.0 Å². The summed E-state index contributed by atoms with van der Waals surface area (Å²) in [6, 6.07) is 24.0. The van der Waals surface area contributed by atoms with E-state index in [9.17, 15) is 23.9 Å². The van der Waals surface area contributed by atoms with Gasteiger partial charge in [0.05, 0.1) is 31.3 Å². The van der Waals surface area contributed by atoms with Crippen molar-refractivity contribution in [3.05, 3.63) is 142 Å². The summed E-state index contributed by atoms with van der Waals surface area (Å²) in [5.41, 5.74) is 6.11. The number of fused-ring (bicyclic) bond motifs is 2. The number of amides is 3. The van der Waals surface area contributed by atoms with Crippen LogP contribution in [0.15, 0.2) is 91.3 Å². The summed E-state index contributed by atoms with van der Waals surface area (Å²) >= 11 is 0. The number of β-amino-alcohol motifs (C(OH)–C–C–N with tert-alkyl or cyclic N) is 1. The molecule has 3 amide bonds. The lowest BCUT2D eigenvalue weighted by Gasteiger charge is -2.23. The number of nitrogens with zero attached hydrogens (tertiary/aromatic N) is 4. The number of hydrogen-bond acceptors (Lipinski definition) is 9. The number of carbonyl (C=O) groups is 3. The zero-order valence-electron chi connectivity index (χ0n) is 35.2. The van der Waals surface area contributed by atoms with E-state index in [0.717, 1.165) is 53.9 Å². The van der Waals surface area contributed by atoms with Gasteiger partial charge in [0.2, 0.25) is 0 Å². The second-order valence-corrected chi connectivity index (χ2v) is 15.9. The van der Waals surface area contributed by atoms with Gasteiger partial charge in [-0.1, -0.05) is 55.2 Å². The Balaban J connectivity index is 0.000000184. The average molecular weight is 828 g/mol. The predicted molar refractivity (Wildman–Crippen MR) is 233 cm³/mol. The number of benzene rings is 3. The van der Waals surface area contributed by atoms with Gasteiger partial charge in [0, 0.05) is 59.8 Å². The first-order valence-corrected chi connectivity index (χ1v) is 21.2. The molecule has 12 nitrogen and oxygen atoms in total. The van der Waals surface area contributed by atoms with Gasteiger partial charge in [0.1, 0.15) is 29.0 Å². The summed E-state index contributed by atoms with van der Waals surface area (Å²) in [5.74, 6) is 1.99. The molecule has 13 heteroatoms. The van der Waals surface area contributed by atoms with Crippen LogP contribution in [0.4, 0.5) is 16.0 Å². The van der Waals surface area contributed by atoms with Crippen LogP contribution in [0.3, 0.4) is 0 Å². The van der Waals surface area contributed by atoms with E-state index < -0.39 is 5.82 Å². The molecule has 2 aliphatic heterocycles. The van der Waals surface area contributed by atoms with E-state index in [1.54, 1.807) is 46.5 Å². The molecule has 318 valence electrons. The molecule has 2 atom stereocenters. The highest BCUT2D eigenvalue weighted by Gasteiger charge is 2.31. The Hall–Kier alpha value is -6.34. The van der Waals surface area contributed by atoms with Gasteiger partial charge in [-0.25, -0.2) is 14.4 Å². The number of pyridine rings is 2. The fraction of sp³-hybridized carbons (Fsp3) is 0.354. The molecule has 0 bridgehead atoms. The number of aromatic nitrogens is 2. The average Bonchev–Trinajstić information content (AvgIpc) is 3.78. The number of anilines is 2. The van der Waals surface area contributed by atoms with Crippen molar-refractivity contribution in [3.8, 4) is 11.5 Å². The first kappa shape index (κ1) is 42.8. The molecule has 61 heavy (non-hydrogen) atoms. The summed E-state index contributed by atoms with van der Waals surface area (Å²) in [7, 11) is 0. The number of ether oxygens (including phenoxy) is 1. The summed E-state index contributed by atoms with van der Waals surface area (Å²) < 4.78 is 20.7. The zero-order valence-corrected chi connectivity index (χ0v) is 35.2. The monoisotopic (exact) mass is 827 g/mol. The van der Waals surface area contributed by atoms with Gasteiger partial charge in [0.15, 0.2) is 0 Å². The highest BCUT2D eigenvalue weighted by atomic mass is 19.1. The lowest BCUT2D eigenvalue weighted by Crippen LogP contribution is -2.36. The number of nitrogens with one attached hydrogen (secondary N) is 3. The number of aliphatic hydroxyl groups is 1. The van der Waals surface area contributed by atoms with Crippen LogP contribution in [0.2, 0.25) is 0 Å². The van der Waals surface area contributed by atoms with E-state index in [0.29, 0.717) is 54.5 Å². The van der Waals surface area contributed by atoms with Gasteiger partial charge in [-0.15, -0.1) is 0 Å². The SMILES string of the molecule is CCN1Cc2c(ccnc2NC(C)c2ccc(C(=O)NC3CCCCC3)c(F)c2)C1=O.Cc1ccc(Oc2ccc(C(C)Nc3nccc4c3CN(CCO)C4=O)cc2)cc1. The van der Waals surface area contributed by atoms with Crippen molar-refractivity contribution in [1.82, 2.24) is 25.1 Å². The van der Waals surface area contributed by atoms with Crippen LogP contribution < -0.4 is 20.7 Å². The van der Waals surface area contributed by atoms with E-state index in [4.69, 9.17) is 4.74 Å². The third kappa shape index (κ3) is 10.0. The number of rotatable bonds is 13. The van der Waals surface area contributed by atoms with Gasteiger partial charge in [0.25, 0.3) is 17.7 Å². The zero-order chi connectivity index (χ0) is 43.0. The number of hydrogen-bond donors (Lipinski definition) is 4. The van der Waals surface area contributed by atoms with Crippen molar-refractivity contribution in [2.45, 2.75) is 91.0 Å². The molecule has 4 heterocycles. The molecule has 2 unspecified atom stereocenters. The second kappa shape index (κ2) is 19.4. The Labute approximate surface area is 356 Å². The smallest absolute Gasteiger partial charge is 0.254 e. The maximum atomic E-state index is 14.8. The Morgan fingerprint density at radius 3 is 1.90 bits per heavy atom. The summed E-state index contributed by atoms with van der Waals surface area (Å²) in [4.78, 5) is 49.6. The molecule has 0 radical (unpaired) electrons. The van der Waals surface area contributed by atoms with Gasteiger partial charge >= 0.3 is 0 Å². The molecule has 1 saturated carbocycles. The molecule has 0 spiro atoms. The normalized spacial score (nSPS) is 15.6. The second-order valence-electron chi connectivity index (χ2n) is 15.9. The van der Waals surface area contributed by atoms with Gasteiger partial charge in [-0.3, -0.25) is 14.4 Å². The summed E-state index contributed by atoms with van der Waals surface area (Å²) in [5, 5.41) is 18.9. The van der Waals surface area contributed by atoms with Crippen LogP contribution in [0.1, 0.15) is 124 Å². The summed E-state index contributed by atoms with van der Waals surface area (Å²) in [6.45, 7) is 9.84. The Kier molecular flexibility index (Phi) is 13.6. The van der Waals surface area contributed by atoms with Crippen LogP contribution in [-0.4, -0.2) is 68.3 Å². The minimum atomic E-state index is -0.530. The fourth-order valence-electron chi connectivity index (χ4n) is 8.02. The van der Waals surface area contributed by atoms with E-state index in [2.05, 4.69) is 32.8 Å². The predicted octanol–water partition coefficient (Wildman–Crippen LogP) is 8.74. The fourth-order valence-corrected chi connectivity index (χ4v) is 8.02. The van der Waals surface area contributed by atoms with Crippen LogP contribution in [0, 0.1) is 12.7 Å². The number of halogens is 1. The number of carbonyl (C=O) groups excluding carboxylic acids is 3. The Morgan fingerprint density at radius 1 is 0.787 bits per heavy atom. The quantitative estimate of drug-likeness (QED) is 0.0915. The minimum Gasteiger partial charge on any atom is -0.457 e. The van der Waals surface area contributed by atoms with E-state index >= 15 is 0 Å². The molecule has 8 rings (SSSR count). The van der Waals surface area contributed by atoms with Crippen LogP contribution >= 0.6 is 0 Å². The van der Waals surface area contributed by atoms with Crippen molar-refractivity contribution in [2.24, 2.45) is 0 Å². The molecule has 1 fully saturated rings. The molecule has 1 aliphatic carbocycles. The van der Waals surface area contributed by atoms with Crippen molar-refractivity contribution >= 4 is 29.4 Å². The first-order chi connectivity index (χ1) is 29.5. The molecular weight excluding hydrogens is 774 g/mol. The summed E-state index contributed by atoms with van der Waals surface area (Å²) in [6.07, 6.45) is 8.59. The number of aliphatic hydroxyl groups excluding tert-OH is 1. The van der Waals surface area contributed by atoms with Crippen LogP contribution in [0.25, 0.3) is 0 Å². The highest BCUT2D eigenvalue weighted by molar-refractivity contribution is 6.00. The van der Waals surface area contributed by atoms with Crippen molar-refractivity contribution in [1.29, 1.82) is 0 Å². The standard InChI is InChI=1S/C24H29FN4O2.C24H25N3O3/c1-3-29-14-20-18(24(29)31)11-12-26-22(20)27-15(2)16-9-10-19(21(25)13-16)23(30)28-17-7-5-4-6-8-17;1-16-3-7-19(8-4-16)30-20-9-5-18(6-10-20)17(2)26-23-22-15-27(13-14-28)24(29)21(22)11-12-25-23/h9-13,15,17H,3-8,14H2,1-2H3,(H,26,27)(H,28,30);3-12,17,28H,13-15H2,1-2H3,(H,25,26). The maximum Gasteiger partial charge on any atom is 0.254 e. The largest absolute Gasteiger partial charge is 0.457 e. The minimum absolute atomic E-state index is 0.000538. The van der Waals surface area contributed by atoms with Gasteiger partial charge in [-0.2, -0.15) is 0 Å². The lowest BCUT2D eigenvalue weighted by atomic mass is 9.95.